The van der Waals surface area contributed by atoms with Crippen LogP contribution in [-0.4, -0.2) is 18.7 Å². The topological polar surface area (TPSA) is 49.4 Å². The first-order chi connectivity index (χ1) is 9.15. The fourth-order valence-corrected chi connectivity index (χ4v) is 2.86. The number of anilines is 2. The summed E-state index contributed by atoms with van der Waals surface area (Å²) >= 11 is 1.71. The molecule has 0 aliphatic carbocycles. The molecule has 1 amide bonds. The number of carbonyl (C=O) groups excluding carboxylic acids is 2. The van der Waals surface area contributed by atoms with Gasteiger partial charge in [-0.1, -0.05) is 6.07 Å². The molecule has 5 heteroatoms. The normalized spacial score (nSPS) is 13.3. The van der Waals surface area contributed by atoms with Crippen LogP contribution in [-0.2, 0) is 11.3 Å². The molecular weight excluding hydrogens is 260 g/mol. The lowest BCUT2D eigenvalue weighted by Crippen LogP contribution is -2.15. The summed E-state index contributed by atoms with van der Waals surface area (Å²) < 4.78 is 0. The smallest absolute Gasteiger partial charge is 0.296 e. The molecule has 4 nitrogen and oxygen atoms in total. The van der Waals surface area contributed by atoms with Crippen molar-refractivity contribution in [1.29, 1.82) is 0 Å². The van der Waals surface area contributed by atoms with Crippen LogP contribution in [0.1, 0.15) is 15.2 Å². The van der Waals surface area contributed by atoms with Crippen LogP contribution >= 0.6 is 11.3 Å². The van der Waals surface area contributed by atoms with Crippen molar-refractivity contribution in [3.63, 3.8) is 0 Å². The van der Waals surface area contributed by atoms with Crippen LogP contribution in [0.25, 0.3) is 0 Å². The van der Waals surface area contributed by atoms with Gasteiger partial charge < -0.3 is 10.2 Å². The standard InChI is InChI=1S/C14H12N2O2S/c1-16(8-10-3-2-6-19-10)9-4-5-11-12(7-9)15-14(18)13(11)17/h2-7H,8H2,1H3,(H,15,17,18). The monoisotopic (exact) mass is 272 g/mol. The van der Waals surface area contributed by atoms with E-state index in [0.29, 0.717) is 11.3 Å². The first kappa shape index (κ1) is 11.9. The molecule has 0 saturated carbocycles. The molecule has 1 aliphatic rings. The number of thiophene rings is 1. The number of hydrogen-bond acceptors (Lipinski definition) is 4. The number of ketones is 1. The van der Waals surface area contributed by atoms with Crippen molar-refractivity contribution >= 4 is 34.4 Å². The lowest BCUT2D eigenvalue weighted by Gasteiger charge is -2.19. The largest absolute Gasteiger partial charge is 0.369 e. The molecule has 1 N–H and O–H groups in total. The first-order valence-electron chi connectivity index (χ1n) is 5.88. The average Bonchev–Trinajstić information content (AvgIpc) is 2.99. The van der Waals surface area contributed by atoms with Crippen molar-refractivity contribution < 1.29 is 9.59 Å². The molecule has 0 bridgehead atoms. The van der Waals surface area contributed by atoms with Crippen molar-refractivity contribution in [3.8, 4) is 0 Å². The summed E-state index contributed by atoms with van der Waals surface area (Å²) in [7, 11) is 1.99. The maximum absolute atomic E-state index is 11.5. The van der Waals surface area contributed by atoms with Gasteiger partial charge in [-0.25, -0.2) is 0 Å². The van der Waals surface area contributed by atoms with Gasteiger partial charge in [0.2, 0.25) is 0 Å². The van der Waals surface area contributed by atoms with Crippen LogP contribution in [0.5, 0.6) is 0 Å². The second-order valence-corrected chi connectivity index (χ2v) is 5.48. The van der Waals surface area contributed by atoms with Crippen molar-refractivity contribution in [3.05, 3.63) is 46.2 Å². The minimum absolute atomic E-state index is 0.456. The Hall–Kier alpha value is -2.14. The quantitative estimate of drug-likeness (QED) is 0.873. The van der Waals surface area contributed by atoms with Crippen molar-refractivity contribution in [2.75, 3.05) is 17.3 Å². The van der Waals surface area contributed by atoms with Crippen LogP contribution in [0.15, 0.2) is 35.7 Å². The highest BCUT2D eigenvalue weighted by Crippen LogP contribution is 2.28. The molecule has 1 aromatic heterocycles. The number of hydrogen-bond donors (Lipinski definition) is 1. The van der Waals surface area contributed by atoms with E-state index < -0.39 is 11.7 Å². The highest BCUT2D eigenvalue weighted by atomic mass is 32.1. The van der Waals surface area contributed by atoms with Crippen LogP contribution in [0.2, 0.25) is 0 Å². The molecule has 0 fully saturated rings. The van der Waals surface area contributed by atoms with Crippen LogP contribution in [0, 0.1) is 0 Å². The van der Waals surface area contributed by atoms with Crippen molar-refractivity contribution in [1.82, 2.24) is 0 Å². The Balaban J connectivity index is 1.85. The maximum Gasteiger partial charge on any atom is 0.296 e. The number of Topliss-reactive ketones (excluding diaryl/α,β-unsaturated/α-hetero) is 1. The van der Waals surface area contributed by atoms with E-state index in [4.69, 9.17) is 0 Å². The summed E-state index contributed by atoms with van der Waals surface area (Å²) in [6, 6.07) is 9.52. The van der Waals surface area contributed by atoms with Crippen LogP contribution in [0.3, 0.4) is 0 Å². The molecule has 0 spiro atoms. The Kier molecular flexibility index (Phi) is 2.83. The van der Waals surface area contributed by atoms with Gasteiger partial charge in [0.15, 0.2) is 0 Å². The third-order valence-electron chi connectivity index (χ3n) is 3.12. The first-order valence-corrected chi connectivity index (χ1v) is 6.76. The number of benzene rings is 1. The molecule has 1 aliphatic heterocycles. The second-order valence-electron chi connectivity index (χ2n) is 4.45. The van der Waals surface area contributed by atoms with Gasteiger partial charge in [-0.2, -0.15) is 0 Å². The summed E-state index contributed by atoms with van der Waals surface area (Å²) in [5, 5.41) is 4.64. The predicted octanol–water partition coefficient (Wildman–Crippen LogP) is 2.52. The molecule has 1 aromatic carbocycles. The van der Waals surface area contributed by atoms with E-state index >= 15 is 0 Å². The van der Waals surface area contributed by atoms with E-state index in [-0.39, 0.29) is 0 Å². The van der Waals surface area contributed by atoms with E-state index in [0.717, 1.165) is 12.2 Å². The Bertz CT molecular complexity index is 649. The summed E-state index contributed by atoms with van der Waals surface area (Å²) in [4.78, 5) is 26.2. The molecule has 3 rings (SSSR count). The van der Waals surface area contributed by atoms with Crippen molar-refractivity contribution in [2.24, 2.45) is 0 Å². The Morgan fingerprint density at radius 1 is 1.26 bits per heavy atom. The van der Waals surface area contributed by atoms with E-state index in [1.54, 1.807) is 17.4 Å². The predicted molar refractivity (Wildman–Crippen MR) is 75.8 cm³/mol. The minimum Gasteiger partial charge on any atom is -0.369 e. The van der Waals surface area contributed by atoms with E-state index in [2.05, 4.69) is 16.3 Å². The van der Waals surface area contributed by atoms with E-state index in [1.165, 1.54) is 4.88 Å². The molecular formula is C14H12N2O2S. The van der Waals surface area contributed by atoms with Gasteiger partial charge in [0.25, 0.3) is 11.7 Å². The minimum atomic E-state index is -0.548. The zero-order chi connectivity index (χ0) is 13.4. The highest BCUT2D eigenvalue weighted by Gasteiger charge is 2.28. The van der Waals surface area contributed by atoms with Crippen molar-refractivity contribution in [2.45, 2.75) is 6.54 Å². The SMILES string of the molecule is CN(Cc1cccs1)c1ccc2c(c1)NC(=O)C2=O. The molecule has 0 unspecified atom stereocenters. The summed E-state index contributed by atoms with van der Waals surface area (Å²) in [5.41, 5.74) is 2.03. The maximum atomic E-state index is 11.5. The summed E-state index contributed by atoms with van der Waals surface area (Å²) in [5.74, 6) is -1.00. The molecule has 2 aromatic rings. The average molecular weight is 272 g/mol. The fraction of sp³-hybridized carbons (Fsp3) is 0.143. The zero-order valence-corrected chi connectivity index (χ0v) is 11.2. The zero-order valence-electron chi connectivity index (χ0n) is 10.3. The molecule has 0 atom stereocenters. The van der Waals surface area contributed by atoms with Gasteiger partial charge in [-0.15, -0.1) is 11.3 Å². The van der Waals surface area contributed by atoms with E-state index in [9.17, 15) is 9.59 Å². The molecule has 2 heterocycles. The Morgan fingerprint density at radius 3 is 2.84 bits per heavy atom. The third kappa shape index (κ3) is 2.13. The molecule has 96 valence electrons. The molecule has 0 saturated heterocycles. The van der Waals surface area contributed by atoms with Gasteiger partial charge in [0.05, 0.1) is 17.8 Å². The van der Waals surface area contributed by atoms with Crippen LogP contribution in [0.4, 0.5) is 11.4 Å². The van der Waals surface area contributed by atoms with Gasteiger partial charge in [-0.05, 0) is 29.6 Å². The Morgan fingerprint density at radius 2 is 2.11 bits per heavy atom. The molecule has 19 heavy (non-hydrogen) atoms. The number of amides is 1. The highest BCUT2D eigenvalue weighted by molar-refractivity contribution is 7.09. The number of nitrogens with one attached hydrogen (secondary N) is 1. The van der Waals surface area contributed by atoms with Gasteiger partial charge in [0.1, 0.15) is 0 Å². The fourth-order valence-electron chi connectivity index (χ4n) is 2.10. The van der Waals surface area contributed by atoms with Crippen LogP contribution < -0.4 is 10.2 Å². The lowest BCUT2D eigenvalue weighted by atomic mass is 10.1. The number of rotatable bonds is 3. The van der Waals surface area contributed by atoms with Gasteiger partial charge in [-0.3, -0.25) is 9.59 Å². The number of nitrogens with zero attached hydrogens (tertiary/aromatic N) is 1. The van der Waals surface area contributed by atoms with Gasteiger partial charge in [0, 0.05) is 17.6 Å². The molecule has 0 radical (unpaired) electrons. The summed E-state index contributed by atoms with van der Waals surface area (Å²) in [6.07, 6.45) is 0. The Labute approximate surface area is 114 Å². The number of fused-ring (bicyclic) bond motifs is 1. The lowest BCUT2D eigenvalue weighted by molar-refractivity contribution is -0.112. The second kappa shape index (κ2) is 4.51. The summed E-state index contributed by atoms with van der Waals surface area (Å²) in [6.45, 7) is 0.804. The third-order valence-corrected chi connectivity index (χ3v) is 3.98. The number of carbonyl (C=O) groups is 2. The van der Waals surface area contributed by atoms with E-state index in [1.807, 2.05) is 30.6 Å². The van der Waals surface area contributed by atoms with Gasteiger partial charge >= 0.3 is 0 Å².